The molecule has 0 saturated carbocycles. The topological polar surface area (TPSA) is 61.8 Å². The first kappa shape index (κ1) is 16.6. The molecular formula is C18H19ClN2O3. The molecule has 3 rings (SSSR count). The fourth-order valence-corrected chi connectivity index (χ4v) is 2.73. The van der Waals surface area contributed by atoms with Crippen molar-refractivity contribution >= 4 is 23.3 Å². The Morgan fingerprint density at radius 3 is 2.67 bits per heavy atom. The van der Waals surface area contributed by atoms with Crippen LogP contribution in [0.3, 0.4) is 0 Å². The third kappa shape index (κ3) is 4.19. The van der Waals surface area contributed by atoms with Gasteiger partial charge in [0.25, 0.3) is 0 Å². The number of nitrogens with one attached hydrogen (secondary N) is 1. The minimum absolute atomic E-state index is 0.198. The van der Waals surface area contributed by atoms with E-state index in [1.165, 1.54) is 0 Å². The van der Waals surface area contributed by atoms with Gasteiger partial charge in [0.05, 0.1) is 6.10 Å². The van der Waals surface area contributed by atoms with Crippen molar-refractivity contribution in [2.24, 2.45) is 0 Å². The molecule has 1 aliphatic heterocycles. The molecule has 6 heteroatoms. The third-order valence-corrected chi connectivity index (χ3v) is 4.28. The number of β-amino-alcohol motifs (C(OH)–C–C–N with tert-alkyl or cyclic N) is 1. The van der Waals surface area contributed by atoms with Crippen LogP contribution in [0, 0.1) is 0 Å². The van der Waals surface area contributed by atoms with Gasteiger partial charge in [-0.15, -0.1) is 0 Å². The van der Waals surface area contributed by atoms with Gasteiger partial charge in [-0.1, -0.05) is 29.8 Å². The molecule has 1 heterocycles. The summed E-state index contributed by atoms with van der Waals surface area (Å²) in [7, 11) is 0. The number of likely N-dealkylation sites (tertiary alicyclic amines) is 1. The van der Waals surface area contributed by atoms with E-state index in [1.807, 2.05) is 24.3 Å². The van der Waals surface area contributed by atoms with E-state index in [1.54, 1.807) is 29.2 Å². The molecule has 2 N–H and O–H groups in total. The number of hydrogen-bond acceptors (Lipinski definition) is 3. The molecule has 1 fully saturated rings. The summed E-state index contributed by atoms with van der Waals surface area (Å²) in [6.45, 7) is 1.34. The normalized spacial score (nSPS) is 16.9. The zero-order valence-electron chi connectivity index (χ0n) is 13.1. The summed E-state index contributed by atoms with van der Waals surface area (Å²) in [6, 6.07) is 14.5. The van der Waals surface area contributed by atoms with E-state index in [2.05, 4.69) is 5.32 Å². The quantitative estimate of drug-likeness (QED) is 0.890. The maximum atomic E-state index is 12.1. The molecule has 0 bridgehead atoms. The molecule has 2 aromatic carbocycles. The number of aliphatic hydroxyl groups excluding tert-OH is 1. The lowest BCUT2D eigenvalue weighted by Gasteiger charge is -2.16. The van der Waals surface area contributed by atoms with Crippen LogP contribution in [0.25, 0.3) is 0 Å². The van der Waals surface area contributed by atoms with Gasteiger partial charge in [0, 0.05) is 29.4 Å². The molecule has 2 amide bonds. The molecular weight excluding hydrogens is 328 g/mol. The summed E-state index contributed by atoms with van der Waals surface area (Å²) in [6.07, 6.45) is 0.207. The van der Waals surface area contributed by atoms with Crippen LogP contribution in [0.2, 0.25) is 5.02 Å². The predicted molar refractivity (Wildman–Crippen MR) is 93.4 cm³/mol. The molecule has 126 valence electrons. The fourth-order valence-electron chi connectivity index (χ4n) is 2.54. The molecule has 0 radical (unpaired) electrons. The van der Waals surface area contributed by atoms with Gasteiger partial charge >= 0.3 is 6.03 Å². The standard InChI is InChI=1S/C18H19ClN2O3/c19-17-4-2-1-3-13(17)12-24-16-7-5-14(6-8-16)20-18(23)21-10-9-15(22)11-21/h1-8,15,22H,9-12H2,(H,20,23). The Labute approximate surface area is 145 Å². The Kier molecular flexibility index (Phi) is 5.23. The number of urea groups is 1. The number of halogens is 1. The number of rotatable bonds is 4. The summed E-state index contributed by atoms with van der Waals surface area (Å²) in [5.41, 5.74) is 1.61. The van der Waals surface area contributed by atoms with Crippen LogP contribution in [0.1, 0.15) is 12.0 Å². The summed E-state index contributed by atoms with van der Waals surface area (Å²) in [5, 5.41) is 13.0. The minimum Gasteiger partial charge on any atom is -0.489 e. The Morgan fingerprint density at radius 1 is 1.25 bits per heavy atom. The van der Waals surface area contributed by atoms with Crippen LogP contribution in [-0.2, 0) is 6.61 Å². The van der Waals surface area contributed by atoms with Gasteiger partial charge < -0.3 is 20.1 Å². The van der Waals surface area contributed by atoms with Crippen molar-refractivity contribution in [2.45, 2.75) is 19.1 Å². The molecule has 1 aliphatic rings. The number of hydrogen-bond donors (Lipinski definition) is 2. The van der Waals surface area contributed by atoms with Gasteiger partial charge in [0.15, 0.2) is 0 Å². The Bertz CT molecular complexity index is 706. The lowest BCUT2D eigenvalue weighted by molar-refractivity contribution is 0.176. The first-order chi connectivity index (χ1) is 11.6. The number of carbonyl (C=O) groups excluding carboxylic acids is 1. The van der Waals surface area contributed by atoms with Gasteiger partial charge in [-0.2, -0.15) is 0 Å². The second kappa shape index (κ2) is 7.55. The van der Waals surface area contributed by atoms with Crippen molar-refractivity contribution < 1.29 is 14.6 Å². The first-order valence-corrected chi connectivity index (χ1v) is 8.20. The summed E-state index contributed by atoms with van der Waals surface area (Å²) in [4.78, 5) is 13.7. The number of ether oxygens (including phenoxy) is 1. The molecule has 2 aromatic rings. The predicted octanol–water partition coefficient (Wildman–Crippen LogP) is 3.52. The summed E-state index contributed by atoms with van der Waals surface area (Å²) in [5.74, 6) is 0.699. The lowest BCUT2D eigenvalue weighted by Crippen LogP contribution is -2.33. The molecule has 1 saturated heterocycles. The highest BCUT2D eigenvalue weighted by atomic mass is 35.5. The van der Waals surface area contributed by atoms with Crippen molar-refractivity contribution in [3.8, 4) is 5.75 Å². The molecule has 0 aromatic heterocycles. The molecule has 1 atom stereocenters. The minimum atomic E-state index is -0.420. The highest BCUT2D eigenvalue weighted by molar-refractivity contribution is 6.31. The first-order valence-electron chi connectivity index (χ1n) is 7.82. The molecule has 0 spiro atoms. The van der Waals surface area contributed by atoms with Gasteiger partial charge in [-0.3, -0.25) is 0 Å². The number of aliphatic hydroxyl groups is 1. The van der Waals surface area contributed by atoms with E-state index in [0.717, 1.165) is 5.56 Å². The highest BCUT2D eigenvalue weighted by Gasteiger charge is 2.24. The van der Waals surface area contributed by atoms with Crippen LogP contribution < -0.4 is 10.1 Å². The van der Waals surface area contributed by atoms with E-state index in [4.69, 9.17) is 16.3 Å². The van der Waals surface area contributed by atoms with Crippen molar-refractivity contribution in [1.29, 1.82) is 0 Å². The van der Waals surface area contributed by atoms with Crippen molar-refractivity contribution in [1.82, 2.24) is 4.90 Å². The van der Waals surface area contributed by atoms with Gasteiger partial charge in [0.2, 0.25) is 0 Å². The van der Waals surface area contributed by atoms with Crippen LogP contribution >= 0.6 is 11.6 Å². The van der Waals surface area contributed by atoms with Crippen LogP contribution in [-0.4, -0.2) is 35.2 Å². The van der Waals surface area contributed by atoms with E-state index in [-0.39, 0.29) is 6.03 Å². The number of nitrogens with zero attached hydrogens (tertiary/aromatic N) is 1. The number of carbonyl (C=O) groups is 1. The monoisotopic (exact) mass is 346 g/mol. The fraction of sp³-hybridized carbons (Fsp3) is 0.278. The summed E-state index contributed by atoms with van der Waals surface area (Å²) < 4.78 is 5.71. The molecule has 1 unspecified atom stereocenters. The Morgan fingerprint density at radius 2 is 2.00 bits per heavy atom. The SMILES string of the molecule is O=C(Nc1ccc(OCc2ccccc2Cl)cc1)N1CCC(O)C1. The van der Waals surface area contributed by atoms with Gasteiger partial charge in [-0.05, 0) is 36.8 Å². The van der Waals surface area contributed by atoms with E-state index >= 15 is 0 Å². The van der Waals surface area contributed by atoms with Gasteiger partial charge in [-0.25, -0.2) is 4.79 Å². The van der Waals surface area contributed by atoms with Crippen LogP contribution in [0.4, 0.5) is 10.5 Å². The molecule has 5 nitrogen and oxygen atoms in total. The molecule has 0 aliphatic carbocycles. The highest BCUT2D eigenvalue weighted by Crippen LogP contribution is 2.21. The molecule has 24 heavy (non-hydrogen) atoms. The Balaban J connectivity index is 1.53. The number of anilines is 1. The van der Waals surface area contributed by atoms with E-state index in [9.17, 15) is 9.90 Å². The van der Waals surface area contributed by atoms with E-state index < -0.39 is 6.10 Å². The van der Waals surface area contributed by atoms with Crippen molar-refractivity contribution in [3.63, 3.8) is 0 Å². The summed E-state index contributed by atoms with van der Waals surface area (Å²) >= 11 is 6.10. The van der Waals surface area contributed by atoms with Crippen molar-refractivity contribution in [3.05, 3.63) is 59.1 Å². The van der Waals surface area contributed by atoms with E-state index in [0.29, 0.717) is 42.6 Å². The van der Waals surface area contributed by atoms with Gasteiger partial charge in [0.1, 0.15) is 12.4 Å². The largest absolute Gasteiger partial charge is 0.489 e. The average molecular weight is 347 g/mol. The maximum absolute atomic E-state index is 12.1. The third-order valence-electron chi connectivity index (χ3n) is 3.91. The smallest absolute Gasteiger partial charge is 0.321 e. The number of amides is 2. The van der Waals surface area contributed by atoms with Crippen LogP contribution in [0.15, 0.2) is 48.5 Å². The Hall–Kier alpha value is -2.24. The zero-order valence-corrected chi connectivity index (χ0v) is 13.9. The lowest BCUT2D eigenvalue weighted by atomic mass is 10.2. The van der Waals surface area contributed by atoms with Crippen LogP contribution in [0.5, 0.6) is 5.75 Å². The second-order valence-electron chi connectivity index (χ2n) is 5.72. The number of benzene rings is 2. The second-order valence-corrected chi connectivity index (χ2v) is 6.13. The zero-order chi connectivity index (χ0) is 16.9. The average Bonchev–Trinajstić information content (AvgIpc) is 3.02. The maximum Gasteiger partial charge on any atom is 0.321 e. The van der Waals surface area contributed by atoms with Crippen molar-refractivity contribution in [2.75, 3.05) is 18.4 Å².